The number of rotatable bonds is 7. The molecule has 2 fully saturated rings. The Bertz CT molecular complexity index is 1080. The molecule has 0 amide bonds. The number of nitrogens with one attached hydrogen (secondary N) is 1. The fourth-order valence-corrected chi connectivity index (χ4v) is 4.26. The van der Waals surface area contributed by atoms with Crippen LogP contribution < -0.4 is 10.2 Å². The summed E-state index contributed by atoms with van der Waals surface area (Å²) in [5, 5.41) is 7.74. The van der Waals surface area contributed by atoms with Crippen LogP contribution in [0.15, 0.2) is 42.9 Å². The molecule has 9 heteroatoms. The maximum atomic E-state index is 13.4. The number of anilines is 3. The molecule has 0 aliphatic carbocycles. The lowest BCUT2D eigenvalue weighted by Gasteiger charge is -2.38. The second-order valence-corrected chi connectivity index (χ2v) is 9.24. The van der Waals surface area contributed by atoms with Gasteiger partial charge in [0.1, 0.15) is 6.67 Å². The summed E-state index contributed by atoms with van der Waals surface area (Å²) in [5.41, 5.74) is 4.37. The number of hydrogen-bond donors (Lipinski definition) is 1. The topological polar surface area (TPSA) is 71.3 Å². The summed E-state index contributed by atoms with van der Waals surface area (Å²) in [7, 11) is 2.16. The van der Waals surface area contributed by atoms with Gasteiger partial charge in [-0.3, -0.25) is 9.07 Å². The van der Waals surface area contributed by atoms with Crippen LogP contribution in [0.25, 0.3) is 11.3 Å². The Hall–Kier alpha value is -3.04. The predicted molar refractivity (Wildman–Crippen MR) is 127 cm³/mol. The van der Waals surface area contributed by atoms with Gasteiger partial charge in [-0.25, -0.2) is 9.97 Å². The number of piperazine rings is 1. The second-order valence-electron chi connectivity index (χ2n) is 9.24. The molecule has 1 N–H and O–H groups in total. The fraction of sp³-hybridized carbons (Fsp3) is 0.458. The zero-order chi connectivity index (χ0) is 22.8. The Morgan fingerprint density at radius 2 is 1.85 bits per heavy atom. The van der Waals surface area contributed by atoms with E-state index in [1.54, 1.807) is 10.9 Å². The SMILES string of the molecule is Cc1cnc(Nc2ccc(N3CCN(C)CC3)cc2)nc1-c1cnn(CC2(CF)COC2)c1. The monoisotopic (exact) mass is 451 g/mol. The van der Waals surface area contributed by atoms with Gasteiger partial charge in [0, 0.05) is 55.5 Å². The summed E-state index contributed by atoms with van der Waals surface area (Å²) in [6, 6.07) is 8.40. The van der Waals surface area contributed by atoms with Crippen molar-refractivity contribution in [2.24, 2.45) is 5.41 Å². The molecule has 3 aromatic rings. The molecule has 8 nitrogen and oxygen atoms in total. The quantitative estimate of drug-likeness (QED) is 0.592. The van der Waals surface area contributed by atoms with E-state index in [9.17, 15) is 4.39 Å². The molecule has 5 rings (SSSR count). The van der Waals surface area contributed by atoms with Crippen molar-refractivity contribution in [2.75, 3.05) is 63.3 Å². The fourth-order valence-electron chi connectivity index (χ4n) is 4.26. The number of alkyl halides is 1. The molecule has 2 aliphatic heterocycles. The minimum Gasteiger partial charge on any atom is -0.380 e. The first-order valence-electron chi connectivity index (χ1n) is 11.3. The number of hydrogen-bond acceptors (Lipinski definition) is 7. The van der Waals surface area contributed by atoms with Crippen molar-refractivity contribution in [1.82, 2.24) is 24.6 Å². The van der Waals surface area contributed by atoms with Crippen LogP contribution in [0.1, 0.15) is 5.56 Å². The Labute approximate surface area is 193 Å². The number of aryl methyl sites for hydroxylation is 1. The number of halogens is 1. The van der Waals surface area contributed by atoms with Crippen molar-refractivity contribution < 1.29 is 9.13 Å². The molecule has 2 aliphatic rings. The Morgan fingerprint density at radius 3 is 2.52 bits per heavy atom. The molecule has 0 radical (unpaired) electrons. The summed E-state index contributed by atoms with van der Waals surface area (Å²) in [6.07, 6.45) is 5.50. The van der Waals surface area contributed by atoms with Crippen molar-refractivity contribution in [1.29, 1.82) is 0 Å². The third kappa shape index (κ3) is 4.69. The van der Waals surface area contributed by atoms with Crippen molar-refractivity contribution in [2.45, 2.75) is 13.5 Å². The molecule has 2 saturated heterocycles. The van der Waals surface area contributed by atoms with Crippen LogP contribution in [0.5, 0.6) is 0 Å². The summed E-state index contributed by atoms with van der Waals surface area (Å²) >= 11 is 0. The van der Waals surface area contributed by atoms with Crippen molar-refractivity contribution in [3.8, 4) is 11.3 Å². The van der Waals surface area contributed by atoms with E-state index in [0.29, 0.717) is 25.7 Å². The third-order valence-corrected chi connectivity index (χ3v) is 6.47. The van der Waals surface area contributed by atoms with E-state index in [1.807, 2.05) is 19.3 Å². The highest BCUT2D eigenvalue weighted by Gasteiger charge is 2.39. The first kappa shape index (κ1) is 21.8. The molecule has 0 unspecified atom stereocenters. The molecule has 2 aromatic heterocycles. The highest BCUT2D eigenvalue weighted by molar-refractivity contribution is 5.65. The molecule has 33 heavy (non-hydrogen) atoms. The van der Waals surface area contributed by atoms with Crippen molar-refractivity contribution >= 4 is 17.3 Å². The maximum Gasteiger partial charge on any atom is 0.227 e. The van der Waals surface area contributed by atoms with Crippen LogP contribution in [-0.4, -0.2) is 77.8 Å². The first-order valence-corrected chi connectivity index (χ1v) is 11.3. The lowest BCUT2D eigenvalue weighted by Crippen LogP contribution is -2.47. The minimum atomic E-state index is -0.451. The number of aromatic nitrogens is 4. The molecule has 0 bridgehead atoms. The highest BCUT2D eigenvalue weighted by atomic mass is 19.1. The van der Waals surface area contributed by atoms with Crippen LogP contribution in [0.3, 0.4) is 0 Å². The van der Waals surface area contributed by atoms with E-state index in [-0.39, 0.29) is 0 Å². The van der Waals surface area contributed by atoms with Crippen LogP contribution in [0.2, 0.25) is 0 Å². The van der Waals surface area contributed by atoms with Gasteiger partial charge in [-0.05, 0) is 43.8 Å². The second kappa shape index (κ2) is 9.07. The van der Waals surface area contributed by atoms with Gasteiger partial charge in [0.2, 0.25) is 5.95 Å². The lowest BCUT2D eigenvalue weighted by atomic mass is 9.88. The van der Waals surface area contributed by atoms with Crippen LogP contribution >= 0.6 is 0 Å². The molecular weight excluding hydrogens is 421 g/mol. The molecular formula is C24H30FN7O. The van der Waals surface area contributed by atoms with Crippen LogP contribution in [0.4, 0.5) is 21.7 Å². The van der Waals surface area contributed by atoms with Crippen LogP contribution in [0, 0.1) is 12.3 Å². The van der Waals surface area contributed by atoms with Gasteiger partial charge in [-0.2, -0.15) is 5.10 Å². The van der Waals surface area contributed by atoms with Gasteiger partial charge >= 0.3 is 0 Å². The van der Waals surface area contributed by atoms with Gasteiger partial charge in [0.25, 0.3) is 0 Å². The van der Waals surface area contributed by atoms with Crippen molar-refractivity contribution in [3.05, 3.63) is 48.4 Å². The molecule has 0 saturated carbocycles. The number of ether oxygens (including phenoxy) is 1. The average Bonchev–Trinajstić information content (AvgIpc) is 3.27. The molecule has 174 valence electrons. The van der Waals surface area contributed by atoms with E-state index in [0.717, 1.165) is 48.7 Å². The van der Waals surface area contributed by atoms with Gasteiger partial charge in [-0.15, -0.1) is 0 Å². The molecule has 0 spiro atoms. The first-order chi connectivity index (χ1) is 16.0. The van der Waals surface area contributed by atoms with Gasteiger partial charge < -0.3 is 19.9 Å². The highest BCUT2D eigenvalue weighted by Crippen LogP contribution is 2.31. The molecule has 4 heterocycles. The smallest absolute Gasteiger partial charge is 0.227 e. The predicted octanol–water partition coefficient (Wildman–Crippen LogP) is 3.13. The van der Waals surface area contributed by atoms with E-state index in [2.05, 4.69) is 56.5 Å². The normalized spacial score (nSPS) is 18.2. The van der Waals surface area contributed by atoms with Gasteiger partial charge in [0.05, 0.1) is 37.1 Å². The van der Waals surface area contributed by atoms with Crippen LogP contribution in [-0.2, 0) is 11.3 Å². The maximum absolute atomic E-state index is 13.4. The van der Waals surface area contributed by atoms with E-state index in [4.69, 9.17) is 9.72 Å². The zero-order valence-electron chi connectivity index (χ0n) is 19.2. The molecule has 1 aromatic carbocycles. The number of benzene rings is 1. The Kier molecular flexibility index (Phi) is 5.99. The zero-order valence-corrected chi connectivity index (χ0v) is 19.2. The largest absolute Gasteiger partial charge is 0.380 e. The summed E-state index contributed by atoms with van der Waals surface area (Å²) in [4.78, 5) is 13.9. The Balaban J connectivity index is 1.28. The summed E-state index contributed by atoms with van der Waals surface area (Å²) in [5.74, 6) is 0.531. The minimum absolute atomic E-state index is 0.406. The Morgan fingerprint density at radius 1 is 1.09 bits per heavy atom. The number of nitrogens with zero attached hydrogens (tertiary/aromatic N) is 6. The van der Waals surface area contributed by atoms with Crippen molar-refractivity contribution in [3.63, 3.8) is 0 Å². The van der Waals surface area contributed by atoms with Gasteiger partial charge in [-0.1, -0.05) is 0 Å². The summed E-state index contributed by atoms with van der Waals surface area (Å²) in [6.45, 7) is 7.19. The van der Waals surface area contributed by atoms with Gasteiger partial charge in [0.15, 0.2) is 0 Å². The van der Waals surface area contributed by atoms with E-state index < -0.39 is 12.1 Å². The third-order valence-electron chi connectivity index (χ3n) is 6.47. The molecule has 0 atom stereocenters. The summed E-state index contributed by atoms with van der Waals surface area (Å²) < 4.78 is 20.4. The standard InChI is InChI=1S/C24H30FN7O/c1-18-11-26-23(28-20-3-5-21(6-4-20)31-9-7-30(2)8-10-31)29-22(18)19-12-27-32(13-19)15-24(14-25)16-33-17-24/h3-6,11-13H,7-10,14-17H2,1-2H3,(H,26,28,29). The number of likely N-dealkylation sites (N-methyl/N-ethyl adjacent to an activating group) is 1. The van der Waals surface area contributed by atoms with E-state index >= 15 is 0 Å². The lowest BCUT2D eigenvalue weighted by molar-refractivity contribution is -0.133. The van der Waals surface area contributed by atoms with E-state index in [1.165, 1.54) is 5.69 Å². The average molecular weight is 452 g/mol.